The fraction of sp³-hybridized carbons (Fsp3) is 0.259. The van der Waals surface area contributed by atoms with E-state index in [-0.39, 0.29) is 18.0 Å². The number of halogens is 3. The fourth-order valence-electron chi connectivity index (χ4n) is 4.70. The molecule has 1 atom stereocenters. The average Bonchev–Trinajstić information content (AvgIpc) is 3.67. The van der Waals surface area contributed by atoms with Gasteiger partial charge in [-0.05, 0) is 29.7 Å². The molecule has 4 heterocycles. The topological polar surface area (TPSA) is 60.3 Å². The van der Waals surface area contributed by atoms with E-state index in [0.29, 0.717) is 35.8 Å². The van der Waals surface area contributed by atoms with Crippen LogP contribution in [0.2, 0.25) is 0 Å². The Morgan fingerprint density at radius 3 is 2.79 bits per heavy atom. The minimum atomic E-state index is -4.62. The third kappa shape index (κ3) is 4.99. The zero-order valence-electron chi connectivity index (χ0n) is 20.4. The number of carbonyl (C=O) groups excluding carboxylic acids is 1. The maximum absolute atomic E-state index is 14.0. The quantitative estimate of drug-likeness (QED) is 0.220. The number of aromatic nitrogens is 4. The van der Waals surface area contributed by atoms with Crippen LogP contribution in [0.4, 0.5) is 18.2 Å². The van der Waals surface area contributed by atoms with Crippen molar-refractivity contribution in [3.8, 4) is 11.1 Å². The van der Waals surface area contributed by atoms with Gasteiger partial charge in [-0.25, -0.2) is 9.83 Å². The molecule has 11 heteroatoms. The molecule has 0 fully saturated rings. The standard InChI is InChI=1S/C27H23F3N6OS/c1-3-36-15-22(26(33-36)27(28,29)30)19-8-5-4-7-18(19)21-14-35(16-23-20(21)13-24(31-2)38-23)25(37)9-6-11-34-12-10-32-17-34/h4-10,12-13,15,17,21H,3,11,14,16H2,1H3/b9-6+/t21-/m0/s1. The van der Waals surface area contributed by atoms with Gasteiger partial charge in [0.25, 0.3) is 0 Å². The minimum absolute atomic E-state index is 0.000750. The Labute approximate surface area is 221 Å². The number of fused-ring (bicyclic) bond motifs is 1. The Morgan fingerprint density at radius 2 is 2.08 bits per heavy atom. The van der Waals surface area contributed by atoms with Crippen LogP contribution in [0.1, 0.15) is 34.5 Å². The van der Waals surface area contributed by atoms with Gasteiger partial charge in [-0.1, -0.05) is 30.3 Å². The molecule has 38 heavy (non-hydrogen) atoms. The summed E-state index contributed by atoms with van der Waals surface area (Å²) in [6.07, 6.45) is 5.16. The van der Waals surface area contributed by atoms with Crippen molar-refractivity contribution in [1.29, 1.82) is 0 Å². The molecule has 0 spiro atoms. The summed E-state index contributed by atoms with van der Waals surface area (Å²) in [7, 11) is 0. The van der Waals surface area contributed by atoms with Crippen molar-refractivity contribution >= 4 is 22.2 Å². The predicted molar refractivity (Wildman–Crippen MR) is 138 cm³/mol. The second-order valence-electron chi connectivity index (χ2n) is 8.84. The molecule has 1 aliphatic heterocycles. The average molecular weight is 537 g/mol. The van der Waals surface area contributed by atoms with E-state index in [4.69, 9.17) is 6.57 Å². The van der Waals surface area contributed by atoms with Crippen LogP contribution in [0.3, 0.4) is 0 Å². The number of thiophene rings is 1. The number of imidazole rings is 1. The van der Waals surface area contributed by atoms with Gasteiger partial charge in [-0.15, -0.1) is 0 Å². The lowest BCUT2D eigenvalue weighted by molar-refractivity contribution is -0.141. The van der Waals surface area contributed by atoms with Crippen LogP contribution in [-0.4, -0.2) is 36.7 Å². The molecule has 1 aromatic carbocycles. The van der Waals surface area contributed by atoms with Crippen molar-refractivity contribution < 1.29 is 18.0 Å². The van der Waals surface area contributed by atoms with Gasteiger partial charge in [-0.2, -0.15) is 29.6 Å². The fourth-order valence-corrected chi connectivity index (χ4v) is 5.73. The molecule has 7 nitrogen and oxygen atoms in total. The number of benzene rings is 1. The van der Waals surface area contributed by atoms with E-state index >= 15 is 0 Å². The van der Waals surface area contributed by atoms with E-state index in [9.17, 15) is 18.0 Å². The summed E-state index contributed by atoms with van der Waals surface area (Å²) in [5, 5.41) is 4.28. The van der Waals surface area contributed by atoms with Crippen LogP contribution in [0, 0.1) is 6.57 Å². The molecule has 0 N–H and O–H groups in total. The molecule has 1 amide bonds. The van der Waals surface area contributed by atoms with Gasteiger partial charge in [0.1, 0.15) is 0 Å². The maximum atomic E-state index is 14.0. The molecule has 3 aromatic heterocycles. The summed E-state index contributed by atoms with van der Waals surface area (Å²) < 4.78 is 45.0. The van der Waals surface area contributed by atoms with Crippen molar-refractivity contribution in [3.63, 3.8) is 0 Å². The molecule has 0 unspecified atom stereocenters. The molecule has 0 saturated heterocycles. The largest absolute Gasteiger partial charge is 0.435 e. The Hall–Kier alpha value is -4.17. The number of hydrogen-bond donors (Lipinski definition) is 0. The zero-order chi connectivity index (χ0) is 26.9. The third-order valence-electron chi connectivity index (χ3n) is 6.48. The lowest BCUT2D eigenvalue weighted by Gasteiger charge is -2.34. The smallest absolute Gasteiger partial charge is 0.334 e. The lowest BCUT2D eigenvalue weighted by Crippen LogP contribution is -2.37. The van der Waals surface area contributed by atoms with Crippen molar-refractivity contribution in [1.82, 2.24) is 24.2 Å². The first-order valence-electron chi connectivity index (χ1n) is 11.9. The van der Waals surface area contributed by atoms with Gasteiger partial charge in [-0.3, -0.25) is 9.48 Å². The summed E-state index contributed by atoms with van der Waals surface area (Å²) in [5.41, 5.74) is 1.00. The highest BCUT2D eigenvalue weighted by atomic mass is 32.1. The van der Waals surface area contributed by atoms with Crippen molar-refractivity contribution in [2.24, 2.45) is 0 Å². The minimum Gasteiger partial charge on any atom is -0.334 e. The van der Waals surface area contributed by atoms with Crippen LogP contribution in [0.15, 0.2) is 67.4 Å². The molecule has 5 rings (SSSR count). The molecule has 0 saturated carbocycles. The van der Waals surface area contributed by atoms with E-state index in [1.807, 2.05) is 4.57 Å². The molecular weight excluding hydrogens is 513 g/mol. The first-order chi connectivity index (χ1) is 18.3. The number of alkyl halides is 3. The maximum Gasteiger partial charge on any atom is 0.435 e. The van der Waals surface area contributed by atoms with Gasteiger partial charge in [0.2, 0.25) is 10.9 Å². The van der Waals surface area contributed by atoms with Crippen molar-refractivity contribution in [2.45, 2.75) is 38.7 Å². The SMILES string of the molecule is [C-]#[N+]c1cc2c(s1)CN(C(=O)/C=C/Cn1ccnc1)C[C@H]2c1ccccc1-c1cn(CC)nc1C(F)(F)F. The highest BCUT2D eigenvalue weighted by Gasteiger charge is 2.39. The van der Waals surface area contributed by atoms with Crippen LogP contribution in [0.25, 0.3) is 16.0 Å². The van der Waals surface area contributed by atoms with E-state index < -0.39 is 17.8 Å². The Kier molecular flexibility index (Phi) is 6.91. The summed E-state index contributed by atoms with van der Waals surface area (Å²) in [6, 6.07) is 8.74. The molecule has 0 aliphatic carbocycles. The second kappa shape index (κ2) is 10.3. The van der Waals surface area contributed by atoms with Gasteiger partial charge in [0.15, 0.2) is 5.69 Å². The van der Waals surface area contributed by atoms with Crippen LogP contribution in [0.5, 0.6) is 0 Å². The highest BCUT2D eigenvalue weighted by Crippen LogP contribution is 2.45. The van der Waals surface area contributed by atoms with Gasteiger partial charge < -0.3 is 9.47 Å². The number of nitrogens with zero attached hydrogens (tertiary/aromatic N) is 6. The predicted octanol–water partition coefficient (Wildman–Crippen LogP) is 6.13. The summed E-state index contributed by atoms with van der Waals surface area (Å²) in [5.74, 6) is -0.607. The second-order valence-corrected chi connectivity index (χ2v) is 9.96. The zero-order valence-corrected chi connectivity index (χ0v) is 21.2. The molecule has 4 aromatic rings. The molecule has 1 aliphatic rings. The Balaban J connectivity index is 1.54. The van der Waals surface area contributed by atoms with E-state index in [0.717, 1.165) is 10.4 Å². The van der Waals surface area contributed by atoms with E-state index in [1.54, 1.807) is 67.0 Å². The monoisotopic (exact) mass is 536 g/mol. The number of allylic oxidation sites excluding steroid dienone is 1. The summed E-state index contributed by atoms with van der Waals surface area (Å²) in [4.78, 5) is 23.3. The summed E-state index contributed by atoms with van der Waals surface area (Å²) in [6.45, 7) is 10.6. The van der Waals surface area contributed by atoms with Crippen molar-refractivity contribution in [2.75, 3.05) is 6.54 Å². The normalized spacial score (nSPS) is 15.6. The Morgan fingerprint density at radius 1 is 1.26 bits per heavy atom. The van der Waals surface area contributed by atoms with Crippen LogP contribution in [-0.2, 0) is 30.6 Å². The van der Waals surface area contributed by atoms with Gasteiger partial charge in [0.05, 0.1) is 19.4 Å². The number of hydrogen-bond acceptors (Lipinski definition) is 4. The molecular formula is C27H23F3N6OS. The molecule has 0 bridgehead atoms. The number of carbonyl (C=O) groups is 1. The first-order valence-corrected chi connectivity index (χ1v) is 12.7. The highest BCUT2D eigenvalue weighted by molar-refractivity contribution is 7.16. The molecule has 194 valence electrons. The first kappa shape index (κ1) is 25.5. The number of aryl methyl sites for hydroxylation is 1. The lowest BCUT2D eigenvalue weighted by atomic mass is 9.84. The number of amides is 1. The number of rotatable bonds is 6. The van der Waals surface area contributed by atoms with Crippen molar-refractivity contribution in [3.05, 3.63) is 101 Å². The third-order valence-corrected chi connectivity index (χ3v) is 7.51. The van der Waals surface area contributed by atoms with Gasteiger partial charge >= 0.3 is 6.18 Å². The van der Waals surface area contributed by atoms with Crippen LogP contribution < -0.4 is 0 Å². The van der Waals surface area contributed by atoms with E-state index in [1.165, 1.54) is 28.3 Å². The molecule has 0 radical (unpaired) electrons. The van der Waals surface area contributed by atoms with E-state index in [2.05, 4.69) is 14.9 Å². The van der Waals surface area contributed by atoms with Crippen LogP contribution >= 0.6 is 11.3 Å². The Bertz CT molecular complexity index is 1530. The van der Waals surface area contributed by atoms with Gasteiger partial charge in [0, 0.05) is 60.7 Å². The summed E-state index contributed by atoms with van der Waals surface area (Å²) >= 11 is 1.31.